The van der Waals surface area contributed by atoms with Gasteiger partial charge >= 0.3 is 0 Å². The molecule has 1 atom stereocenters. The molecule has 0 saturated carbocycles. The number of imidazole rings is 1. The molecule has 4 aromatic rings. The van der Waals surface area contributed by atoms with E-state index in [0.717, 1.165) is 51.4 Å². The molecule has 0 radical (unpaired) electrons. The molecule has 1 aliphatic heterocycles. The summed E-state index contributed by atoms with van der Waals surface area (Å²) in [6.45, 7) is 3.99. The van der Waals surface area contributed by atoms with Crippen LogP contribution in [0, 0.1) is 5.13 Å². The highest BCUT2D eigenvalue weighted by molar-refractivity contribution is 7.17. The second kappa shape index (κ2) is 7.90. The van der Waals surface area contributed by atoms with Gasteiger partial charge in [-0.15, -0.1) is 0 Å². The number of benzene rings is 1. The number of ether oxygens (including phenoxy) is 1. The van der Waals surface area contributed by atoms with Crippen molar-refractivity contribution in [2.45, 2.75) is 32.4 Å². The number of halogens is 1. The number of likely N-dealkylation sites (tertiary alicyclic amines) is 1. The summed E-state index contributed by atoms with van der Waals surface area (Å²) in [5.74, 6) is 1.28. The number of aryl methyl sites for hydroxylation is 2. The van der Waals surface area contributed by atoms with Gasteiger partial charge in [0.15, 0.2) is 11.0 Å². The van der Waals surface area contributed by atoms with Crippen LogP contribution in [-0.2, 0) is 13.6 Å². The number of hydrogen-bond acceptors (Lipinski definition) is 5. The van der Waals surface area contributed by atoms with Gasteiger partial charge in [0, 0.05) is 43.7 Å². The maximum atomic E-state index is 13.8. The van der Waals surface area contributed by atoms with Crippen molar-refractivity contribution in [3.05, 3.63) is 35.0 Å². The number of fused-ring (bicyclic) bond motifs is 2. The fourth-order valence-corrected chi connectivity index (χ4v) is 5.65. The normalized spacial score (nSPS) is 16.9. The summed E-state index contributed by atoms with van der Waals surface area (Å²) in [6, 6.07) is 7.14. The minimum absolute atomic E-state index is 0.0142. The Kier molecular flexibility index (Phi) is 5.17. The summed E-state index contributed by atoms with van der Waals surface area (Å²) in [7, 11) is 3.53. The highest BCUT2D eigenvalue weighted by atomic mass is 32.1. The smallest absolute Gasteiger partial charge is 0.254 e. The third-order valence-corrected chi connectivity index (χ3v) is 7.19. The second-order valence-corrected chi connectivity index (χ2v) is 9.26. The zero-order valence-corrected chi connectivity index (χ0v) is 19.2. The van der Waals surface area contributed by atoms with Gasteiger partial charge in [-0.1, -0.05) is 11.3 Å². The van der Waals surface area contributed by atoms with Crippen molar-refractivity contribution in [1.82, 2.24) is 19.0 Å². The summed E-state index contributed by atoms with van der Waals surface area (Å²) >= 11 is 1.14. The first kappa shape index (κ1) is 21.0. The molecule has 168 valence electrons. The second-order valence-electron chi connectivity index (χ2n) is 8.28. The van der Waals surface area contributed by atoms with Crippen LogP contribution < -0.4 is 10.5 Å². The standard InChI is InChI=1S/C23H26FN5O2S/c1-4-29-17(9-14-11-19(24)32-23(14)29)21-26-16-8-13(10-18(31-3)20(16)27(21)2)22(30)28-7-5-6-15(25)12-28/h8-11,15H,4-7,12,25H2,1-3H3/t15-/m1/s1. The number of carbonyl (C=O) groups is 1. The number of methoxy groups -OCH3 is 1. The molecule has 4 heterocycles. The molecule has 0 bridgehead atoms. The van der Waals surface area contributed by atoms with E-state index in [-0.39, 0.29) is 17.1 Å². The van der Waals surface area contributed by atoms with Crippen LogP contribution in [0.4, 0.5) is 4.39 Å². The number of nitrogens with zero attached hydrogens (tertiary/aromatic N) is 4. The largest absolute Gasteiger partial charge is 0.494 e. The average molecular weight is 456 g/mol. The Morgan fingerprint density at radius 2 is 2.16 bits per heavy atom. The molecule has 9 heteroatoms. The zero-order valence-electron chi connectivity index (χ0n) is 18.4. The van der Waals surface area contributed by atoms with Crippen LogP contribution >= 0.6 is 11.3 Å². The first-order valence-electron chi connectivity index (χ1n) is 10.8. The minimum atomic E-state index is -0.198. The molecule has 0 unspecified atom stereocenters. The van der Waals surface area contributed by atoms with Gasteiger partial charge in [0.2, 0.25) is 0 Å². The first-order valence-corrected chi connectivity index (χ1v) is 11.6. The lowest BCUT2D eigenvalue weighted by Crippen LogP contribution is -2.45. The lowest BCUT2D eigenvalue weighted by atomic mass is 10.0. The van der Waals surface area contributed by atoms with Crippen molar-refractivity contribution in [2.24, 2.45) is 12.8 Å². The predicted molar refractivity (Wildman–Crippen MR) is 125 cm³/mol. The van der Waals surface area contributed by atoms with Gasteiger partial charge in [0.1, 0.15) is 16.1 Å². The molecule has 5 rings (SSSR count). The third kappa shape index (κ3) is 3.27. The third-order valence-electron chi connectivity index (χ3n) is 6.23. The highest BCUT2D eigenvalue weighted by Gasteiger charge is 2.25. The van der Waals surface area contributed by atoms with Gasteiger partial charge in [-0.2, -0.15) is 4.39 Å². The number of hydrogen-bond donors (Lipinski definition) is 1. The number of rotatable bonds is 4. The number of thiophene rings is 1. The van der Waals surface area contributed by atoms with Crippen LogP contribution in [0.5, 0.6) is 5.75 Å². The Balaban J connectivity index is 1.63. The van der Waals surface area contributed by atoms with E-state index in [9.17, 15) is 9.18 Å². The van der Waals surface area contributed by atoms with E-state index in [1.54, 1.807) is 19.2 Å². The molecule has 3 aromatic heterocycles. The van der Waals surface area contributed by atoms with Crippen molar-refractivity contribution >= 4 is 38.5 Å². The van der Waals surface area contributed by atoms with Crippen LogP contribution in [0.2, 0.25) is 0 Å². The molecule has 1 amide bonds. The lowest BCUT2D eigenvalue weighted by Gasteiger charge is -2.30. The van der Waals surface area contributed by atoms with Gasteiger partial charge < -0.3 is 24.5 Å². The Morgan fingerprint density at radius 1 is 1.34 bits per heavy atom. The van der Waals surface area contributed by atoms with Gasteiger partial charge in [0.05, 0.1) is 18.3 Å². The minimum Gasteiger partial charge on any atom is -0.494 e. The Morgan fingerprint density at radius 3 is 2.88 bits per heavy atom. The SMILES string of the molecule is CCn1c(-c2nc3cc(C(=O)N4CCC[C@@H](N)C4)cc(OC)c3n2C)cc2cc(F)sc21. The topological polar surface area (TPSA) is 78.3 Å². The summed E-state index contributed by atoms with van der Waals surface area (Å²) in [5, 5.41) is 0.664. The van der Waals surface area contributed by atoms with Gasteiger partial charge in [-0.3, -0.25) is 4.79 Å². The summed E-state index contributed by atoms with van der Waals surface area (Å²) in [4.78, 5) is 20.7. The van der Waals surface area contributed by atoms with Crippen molar-refractivity contribution in [2.75, 3.05) is 20.2 Å². The van der Waals surface area contributed by atoms with Crippen molar-refractivity contribution in [3.63, 3.8) is 0 Å². The Hall–Kier alpha value is -2.91. The summed E-state index contributed by atoms with van der Waals surface area (Å²) in [5.41, 5.74) is 9.02. The summed E-state index contributed by atoms with van der Waals surface area (Å²) < 4.78 is 23.5. The quantitative estimate of drug-likeness (QED) is 0.505. The lowest BCUT2D eigenvalue weighted by molar-refractivity contribution is 0.0708. The number of amides is 1. The van der Waals surface area contributed by atoms with E-state index in [2.05, 4.69) is 4.57 Å². The van der Waals surface area contributed by atoms with E-state index in [1.165, 1.54) is 0 Å². The van der Waals surface area contributed by atoms with Crippen LogP contribution in [-0.4, -0.2) is 51.2 Å². The Bertz CT molecular complexity index is 1340. The molecule has 32 heavy (non-hydrogen) atoms. The van der Waals surface area contributed by atoms with Crippen LogP contribution in [0.25, 0.3) is 32.8 Å². The molecule has 1 fully saturated rings. The molecule has 1 aliphatic rings. The first-order chi connectivity index (χ1) is 15.4. The molecular weight excluding hydrogens is 429 g/mol. The number of nitrogens with two attached hydrogens (primary N) is 1. The fourth-order valence-electron chi connectivity index (χ4n) is 4.71. The van der Waals surface area contributed by atoms with E-state index < -0.39 is 0 Å². The molecule has 1 aromatic carbocycles. The van der Waals surface area contributed by atoms with E-state index in [4.69, 9.17) is 15.5 Å². The van der Waals surface area contributed by atoms with Gasteiger partial charge in [-0.25, -0.2) is 4.98 Å². The molecular formula is C23H26FN5O2S. The van der Waals surface area contributed by atoms with Crippen molar-refractivity contribution in [1.29, 1.82) is 0 Å². The zero-order chi connectivity index (χ0) is 22.6. The highest BCUT2D eigenvalue weighted by Crippen LogP contribution is 2.36. The van der Waals surface area contributed by atoms with Crippen LogP contribution in [0.15, 0.2) is 24.3 Å². The van der Waals surface area contributed by atoms with E-state index in [0.29, 0.717) is 36.5 Å². The molecule has 2 N–H and O–H groups in total. The maximum Gasteiger partial charge on any atom is 0.254 e. The van der Waals surface area contributed by atoms with Gasteiger partial charge in [0.25, 0.3) is 5.91 Å². The van der Waals surface area contributed by atoms with Gasteiger partial charge in [-0.05, 0) is 44.0 Å². The number of carbonyl (C=O) groups excluding carboxylic acids is 1. The van der Waals surface area contributed by atoms with Crippen LogP contribution in [0.1, 0.15) is 30.1 Å². The average Bonchev–Trinajstić information content (AvgIpc) is 3.41. The molecule has 0 spiro atoms. The Labute approximate surface area is 189 Å². The monoisotopic (exact) mass is 455 g/mol. The maximum absolute atomic E-state index is 13.8. The van der Waals surface area contributed by atoms with Crippen LogP contribution in [0.3, 0.4) is 0 Å². The molecule has 7 nitrogen and oxygen atoms in total. The predicted octanol–water partition coefficient (Wildman–Crippen LogP) is 3.99. The number of aromatic nitrogens is 3. The van der Waals surface area contributed by atoms with E-state index in [1.807, 2.05) is 35.6 Å². The van der Waals surface area contributed by atoms with E-state index >= 15 is 0 Å². The fraction of sp³-hybridized carbons (Fsp3) is 0.391. The van der Waals surface area contributed by atoms with Crippen molar-refractivity contribution < 1.29 is 13.9 Å². The van der Waals surface area contributed by atoms with Crippen molar-refractivity contribution in [3.8, 4) is 17.3 Å². The molecule has 0 aliphatic carbocycles. The summed E-state index contributed by atoms with van der Waals surface area (Å²) in [6.07, 6.45) is 1.85. The number of piperidine rings is 1. The molecule has 1 saturated heterocycles.